The van der Waals surface area contributed by atoms with E-state index < -0.39 is 17.7 Å². The molecule has 1 atom stereocenters. The van der Waals surface area contributed by atoms with Crippen LogP contribution < -0.4 is 5.32 Å². The molecule has 1 saturated heterocycles. The summed E-state index contributed by atoms with van der Waals surface area (Å²) in [6, 6.07) is 6.85. The third-order valence-corrected chi connectivity index (χ3v) is 7.24. The van der Waals surface area contributed by atoms with E-state index >= 15 is 0 Å². The van der Waals surface area contributed by atoms with Gasteiger partial charge in [-0.3, -0.25) is 9.69 Å². The quantitative estimate of drug-likeness (QED) is 0.600. The molecule has 2 fully saturated rings. The molecule has 166 valence electrons. The number of benzene rings is 1. The van der Waals surface area contributed by atoms with Crippen LogP contribution in [-0.2, 0) is 16.1 Å². The van der Waals surface area contributed by atoms with Gasteiger partial charge in [0.05, 0.1) is 25.9 Å². The highest BCUT2D eigenvalue weighted by Crippen LogP contribution is 2.45. The van der Waals surface area contributed by atoms with Gasteiger partial charge in [-0.2, -0.15) is 0 Å². The zero-order chi connectivity index (χ0) is 21.9. The van der Waals surface area contributed by atoms with Gasteiger partial charge in [0, 0.05) is 5.02 Å². The Labute approximate surface area is 183 Å². The number of aliphatic hydroxyl groups is 1. The van der Waals surface area contributed by atoms with E-state index in [9.17, 15) is 14.7 Å². The van der Waals surface area contributed by atoms with Gasteiger partial charge in [0.2, 0.25) is 0 Å². The normalized spacial score (nSPS) is 25.6. The maximum atomic E-state index is 13.1. The Kier molecular flexibility index (Phi) is 7.10. The molecule has 0 aromatic heterocycles. The fourth-order valence-electron chi connectivity index (χ4n) is 4.52. The summed E-state index contributed by atoms with van der Waals surface area (Å²) in [5.74, 6) is 0.343. The number of urea groups is 1. The molecule has 1 aromatic rings. The minimum atomic E-state index is -0.933. The first kappa shape index (κ1) is 23.0. The largest absolute Gasteiger partial charge is 0.389 e. The van der Waals surface area contributed by atoms with Crippen molar-refractivity contribution >= 4 is 23.5 Å². The van der Waals surface area contributed by atoms with Crippen LogP contribution in [0.5, 0.6) is 0 Å². The number of rotatable bonds is 8. The highest BCUT2D eigenvalue weighted by molar-refractivity contribution is 6.30. The van der Waals surface area contributed by atoms with Crippen molar-refractivity contribution in [1.82, 2.24) is 10.2 Å². The predicted octanol–water partition coefficient (Wildman–Crippen LogP) is 4.13. The Morgan fingerprint density at radius 3 is 2.50 bits per heavy atom. The van der Waals surface area contributed by atoms with Crippen molar-refractivity contribution in [2.45, 2.75) is 71.1 Å². The number of halogens is 1. The SMILES string of the molecule is CCC(C)(C)C1CCC2(CC1)NC(=O)N(C[C@@H](O)COCc1ccc(Cl)cc1)C2=O. The molecule has 2 N–H and O–H groups in total. The third-order valence-electron chi connectivity index (χ3n) is 6.99. The summed E-state index contributed by atoms with van der Waals surface area (Å²) in [6.45, 7) is 7.06. The lowest BCUT2D eigenvalue weighted by Crippen LogP contribution is -2.51. The van der Waals surface area contributed by atoms with Gasteiger partial charge in [-0.25, -0.2) is 4.79 Å². The molecule has 1 aliphatic carbocycles. The van der Waals surface area contributed by atoms with Gasteiger partial charge in [0.15, 0.2) is 0 Å². The number of aliphatic hydroxyl groups excluding tert-OH is 1. The summed E-state index contributed by atoms with van der Waals surface area (Å²) in [4.78, 5) is 26.7. The zero-order valence-electron chi connectivity index (χ0n) is 18.1. The number of carbonyl (C=O) groups is 2. The van der Waals surface area contributed by atoms with Crippen molar-refractivity contribution < 1.29 is 19.4 Å². The van der Waals surface area contributed by atoms with Crippen LogP contribution in [0.1, 0.15) is 58.4 Å². The van der Waals surface area contributed by atoms with Crippen LogP contribution in [0.25, 0.3) is 0 Å². The molecule has 1 spiro atoms. The summed E-state index contributed by atoms with van der Waals surface area (Å²) in [6.07, 6.45) is 3.33. The molecular formula is C23H33ClN2O4. The van der Waals surface area contributed by atoms with E-state index in [1.165, 1.54) is 0 Å². The Morgan fingerprint density at radius 2 is 1.90 bits per heavy atom. The molecule has 2 aliphatic rings. The van der Waals surface area contributed by atoms with E-state index in [0.717, 1.165) is 29.7 Å². The second-order valence-corrected chi connectivity index (χ2v) is 9.78. The first-order valence-electron chi connectivity index (χ1n) is 10.8. The van der Waals surface area contributed by atoms with E-state index in [2.05, 4.69) is 26.1 Å². The maximum absolute atomic E-state index is 13.1. The Bertz CT molecular complexity index is 757. The van der Waals surface area contributed by atoms with Crippen LogP contribution in [0.15, 0.2) is 24.3 Å². The van der Waals surface area contributed by atoms with Crippen LogP contribution in [0, 0.1) is 11.3 Å². The molecule has 1 saturated carbocycles. The highest BCUT2D eigenvalue weighted by Gasteiger charge is 2.53. The molecule has 6 nitrogen and oxygen atoms in total. The van der Waals surface area contributed by atoms with Crippen molar-refractivity contribution in [3.63, 3.8) is 0 Å². The Balaban J connectivity index is 1.50. The van der Waals surface area contributed by atoms with Gasteiger partial charge >= 0.3 is 6.03 Å². The molecular weight excluding hydrogens is 404 g/mol. The molecule has 3 amide bonds. The standard InChI is InChI=1S/C23H33ClN2O4/c1-4-22(2,3)17-9-11-23(12-10-17)20(28)26(21(29)25-23)13-19(27)15-30-14-16-5-7-18(24)8-6-16/h5-8,17,19,27H,4,9-15H2,1-3H3,(H,25,29)/t17?,19-,23?/m1/s1. The zero-order valence-corrected chi connectivity index (χ0v) is 18.9. The average molecular weight is 437 g/mol. The van der Waals surface area contributed by atoms with E-state index in [-0.39, 0.29) is 24.5 Å². The number of hydrogen-bond acceptors (Lipinski definition) is 4. The van der Waals surface area contributed by atoms with E-state index in [1.54, 1.807) is 12.1 Å². The summed E-state index contributed by atoms with van der Waals surface area (Å²) in [7, 11) is 0. The second kappa shape index (κ2) is 9.25. The molecule has 3 rings (SSSR count). The van der Waals surface area contributed by atoms with E-state index in [0.29, 0.717) is 30.4 Å². The first-order chi connectivity index (χ1) is 14.2. The lowest BCUT2D eigenvalue weighted by molar-refractivity contribution is -0.134. The molecule has 7 heteroatoms. The number of imide groups is 1. The average Bonchev–Trinajstić information content (AvgIpc) is 2.94. The number of nitrogens with one attached hydrogen (secondary N) is 1. The number of hydrogen-bond donors (Lipinski definition) is 2. The number of amides is 3. The second-order valence-electron chi connectivity index (χ2n) is 9.34. The van der Waals surface area contributed by atoms with Crippen LogP contribution >= 0.6 is 11.6 Å². The van der Waals surface area contributed by atoms with Gasteiger partial charge in [-0.15, -0.1) is 0 Å². The lowest BCUT2D eigenvalue weighted by atomic mass is 9.65. The van der Waals surface area contributed by atoms with Gasteiger partial charge < -0.3 is 15.2 Å². The fourth-order valence-corrected chi connectivity index (χ4v) is 4.64. The van der Waals surface area contributed by atoms with Crippen molar-refractivity contribution in [1.29, 1.82) is 0 Å². The fraction of sp³-hybridized carbons (Fsp3) is 0.652. The van der Waals surface area contributed by atoms with Crippen LogP contribution in [0.4, 0.5) is 4.79 Å². The number of nitrogens with zero attached hydrogens (tertiary/aromatic N) is 1. The van der Waals surface area contributed by atoms with Crippen LogP contribution in [0.2, 0.25) is 5.02 Å². The third kappa shape index (κ3) is 4.98. The smallest absolute Gasteiger partial charge is 0.325 e. The van der Waals surface area contributed by atoms with Gasteiger partial charge in [-0.05, 0) is 54.7 Å². The first-order valence-corrected chi connectivity index (χ1v) is 11.2. The highest BCUT2D eigenvalue weighted by atomic mass is 35.5. The monoisotopic (exact) mass is 436 g/mol. The van der Waals surface area contributed by atoms with Crippen molar-refractivity contribution in [3.05, 3.63) is 34.9 Å². The molecule has 1 aromatic carbocycles. The summed E-state index contributed by atoms with van der Waals surface area (Å²) in [5.41, 5.74) is 0.374. The topological polar surface area (TPSA) is 78.9 Å². The molecule has 0 bridgehead atoms. The van der Waals surface area contributed by atoms with Gasteiger partial charge in [-0.1, -0.05) is 50.9 Å². The predicted molar refractivity (Wildman–Crippen MR) is 116 cm³/mol. The van der Waals surface area contributed by atoms with Crippen LogP contribution in [-0.4, -0.2) is 46.7 Å². The van der Waals surface area contributed by atoms with Crippen molar-refractivity contribution in [3.8, 4) is 0 Å². The van der Waals surface area contributed by atoms with E-state index in [4.69, 9.17) is 16.3 Å². The van der Waals surface area contributed by atoms with Crippen LogP contribution in [0.3, 0.4) is 0 Å². The Hall–Kier alpha value is -1.63. The van der Waals surface area contributed by atoms with Gasteiger partial charge in [0.1, 0.15) is 5.54 Å². The van der Waals surface area contributed by atoms with E-state index in [1.807, 2.05) is 12.1 Å². The van der Waals surface area contributed by atoms with Crippen molar-refractivity contribution in [2.24, 2.45) is 11.3 Å². The number of ether oxygens (including phenoxy) is 1. The summed E-state index contributed by atoms with van der Waals surface area (Å²) < 4.78 is 5.54. The minimum absolute atomic E-state index is 0.0411. The summed E-state index contributed by atoms with van der Waals surface area (Å²) in [5, 5.41) is 13.9. The summed E-state index contributed by atoms with van der Waals surface area (Å²) >= 11 is 5.86. The number of carbonyl (C=O) groups excluding carboxylic acids is 2. The lowest BCUT2D eigenvalue weighted by Gasteiger charge is -2.42. The molecule has 1 heterocycles. The molecule has 0 unspecified atom stereocenters. The maximum Gasteiger partial charge on any atom is 0.325 e. The molecule has 1 aliphatic heterocycles. The molecule has 0 radical (unpaired) electrons. The Morgan fingerprint density at radius 1 is 1.27 bits per heavy atom. The van der Waals surface area contributed by atoms with Gasteiger partial charge in [0.25, 0.3) is 5.91 Å². The minimum Gasteiger partial charge on any atom is -0.389 e. The van der Waals surface area contributed by atoms with Crippen molar-refractivity contribution in [2.75, 3.05) is 13.2 Å². The number of β-amino-alcohol motifs (C(OH)–C–C–N with tert-alkyl or cyclic N) is 1. The molecule has 30 heavy (non-hydrogen) atoms.